The maximum atomic E-state index is 13.4. The number of H-pyrrole nitrogens is 1. The summed E-state index contributed by atoms with van der Waals surface area (Å²) < 4.78 is 0. The molecule has 1 fully saturated rings. The maximum absolute atomic E-state index is 13.4. The number of carbonyl (C=O) groups excluding carboxylic acids is 1. The first kappa shape index (κ1) is 18.1. The van der Waals surface area contributed by atoms with Gasteiger partial charge in [-0.25, -0.2) is 0 Å². The fourth-order valence-corrected chi connectivity index (χ4v) is 4.37. The van der Waals surface area contributed by atoms with Gasteiger partial charge in [-0.15, -0.1) is 0 Å². The molecule has 1 unspecified atom stereocenters. The second-order valence-corrected chi connectivity index (χ2v) is 7.79. The number of benzene rings is 1. The minimum absolute atomic E-state index is 0.195. The van der Waals surface area contributed by atoms with E-state index in [-0.39, 0.29) is 11.9 Å². The van der Waals surface area contributed by atoms with Crippen LogP contribution < -0.4 is 4.90 Å². The van der Waals surface area contributed by atoms with Gasteiger partial charge >= 0.3 is 0 Å². The fraction of sp³-hybridized carbons (Fsp3) is 0.545. The van der Waals surface area contributed by atoms with Crippen LogP contribution in [0, 0.1) is 0 Å². The van der Waals surface area contributed by atoms with E-state index in [9.17, 15) is 4.79 Å². The van der Waals surface area contributed by atoms with E-state index in [0.29, 0.717) is 6.04 Å². The van der Waals surface area contributed by atoms with E-state index in [2.05, 4.69) is 46.0 Å². The van der Waals surface area contributed by atoms with Gasteiger partial charge in [-0.2, -0.15) is 5.10 Å². The SMILES string of the molecule is CCN(CC)c1ccc(C(=O)N(C2CC2)C2CCCc3[nH]ncc3C2)cc1. The topological polar surface area (TPSA) is 52.2 Å². The van der Waals surface area contributed by atoms with Crippen LogP contribution in [0.5, 0.6) is 0 Å². The molecule has 5 nitrogen and oxygen atoms in total. The van der Waals surface area contributed by atoms with Gasteiger partial charge in [-0.05, 0) is 82.2 Å². The Morgan fingerprint density at radius 3 is 2.52 bits per heavy atom. The standard InChI is InChI=1S/C22H30N4O/c1-3-25(4-2)18-10-8-16(9-11-18)22(27)26(19-12-13-19)20-6-5-7-21-17(14-20)15-23-24-21/h8-11,15,19-20H,3-7,12-14H2,1-2H3,(H,23,24). The van der Waals surface area contributed by atoms with Crippen LogP contribution in [0.25, 0.3) is 0 Å². The van der Waals surface area contributed by atoms with E-state index in [4.69, 9.17) is 0 Å². The molecule has 1 aromatic carbocycles. The highest BCUT2D eigenvalue weighted by Crippen LogP contribution is 2.34. The molecule has 4 rings (SSSR count). The van der Waals surface area contributed by atoms with Gasteiger partial charge in [0.2, 0.25) is 0 Å². The number of fused-ring (bicyclic) bond motifs is 1. The Morgan fingerprint density at radius 1 is 1.11 bits per heavy atom. The third-order valence-electron chi connectivity index (χ3n) is 6.04. The van der Waals surface area contributed by atoms with Crippen molar-refractivity contribution in [3.8, 4) is 0 Å². The molecule has 5 heteroatoms. The Labute approximate surface area is 161 Å². The Hall–Kier alpha value is -2.30. The average molecular weight is 367 g/mol. The van der Waals surface area contributed by atoms with Crippen LogP contribution in [0.3, 0.4) is 0 Å². The molecule has 144 valence electrons. The largest absolute Gasteiger partial charge is 0.372 e. The number of nitrogens with one attached hydrogen (secondary N) is 1. The molecule has 0 spiro atoms. The Bertz CT molecular complexity index is 774. The van der Waals surface area contributed by atoms with Crippen molar-refractivity contribution in [3.05, 3.63) is 47.3 Å². The summed E-state index contributed by atoms with van der Waals surface area (Å²) in [5, 5.41) is 7.34. The third kappa shape index (κ3) is 3.73. The second-order valence-electron chi connectivity index (χ2n) is 7.79. The summed E-state index contributed by atoms with van der Waals surface area (Å²) in [6, 6.07) is 8.89. The molecular weight excluding hydrogens is 336 g/mol. The van der Waals surface area contributed by atoms with E-state index in [0.717, 1.165) is 57.2 Å². The molecule has 1 heterocycles. The highest BCUT2D eigenvalue weighted by atomic mass is 16.2. The summed E-state index contributed by atoms with van der Waals surface area (Å²) in [4.78, 5) is 17.9. The van der Waals surface area contributed by atoms with Gasteiger partial charge in [0.1, 0.15) is 0 Å². The van der Waals surface area contributed by atoms with E-state index >= 15 is 0 Å². The molecule has 0 aliphatic heterocycles. The lowest BCUT2D eigenvalue weighted by molar-refractivity contribution is 0.0649. The first-order chi connectivity index (χ1) is 13.2. The number of rotatable bonds is 6. The van der Waals surface area contributed by atoms with Crippen LogP contribution >= 0.6 is 0 Å². The Kier molecular flexibility index (Phi) is 5.19. The van der Waals surface area contributed by atoms with Gasteiger partial charge in [0.05, 0.1) is 6.20 Å². The summed E-state index contributed by atoms with van der Waals surface area (Å²) in [6.07, 6.45) is 8.36. The normalized spacial score (nSPS) is 19.3. The van der Waals surface area contributed by atoms with Crippen LogP contribution in [-0.4, -0.2) is 46.2 Å². The van der Waals surface area contributed by atoms with Crippen LogP contribution in [0.15, 0.2) is 30.5 Å². The van der Waals surface area contributed by atoms with Crippen molar-refractivity contribution in [3.63, 3.8) is 0 Å². The van der Waals surface area contributed by atoms with E-state index in [1.165, 1.54) is 16.9 Å². The minimum Gasteiger partial charge on any atom is -0.372 e. The summed E-state index contributed by atoms with van der Waals surface area (Å²) in [5.41, 5.74) is 4.54. The molecule has 0 saturated heterocycles. The van der Waals surface area contributed by atoms with Crippen molar-refractivity contribution in [1.82, 2.24) is 15.1 Å². The minimum atomic E-state index is 0.195. The number of aromatic amines is 1. The molecule has 1 N–H and O–H groups in total. The van der Waals surface area contributed by atoms with Crippen LogP contribution in [0.1, 0.15) is 61.1 Å². The highest BCUT2D eigenvalue weighted by molar-refractivity contribution is 5.95. The quantitative estimate of drug-likeness (QED) is 0.791. The summed E-state index contributed by atoms with van der Waals surface area (Å²) in [5.74, 6) is 0.195. The van der Waals surface area contributed by atoms with E-state index in [1.807, 2.05) is 18.3 Å². The molecular formula is C22H30N4O. The molecule has 1 amide bonds. The number of aryl methyl sites for hydroxylation is 1. The number of hydrogen-bond acceptors (Lipinski definition) is 3. The highest BCUT2D eigenvalue weighted by Gasteiger charge is 2.38. The number of hydrogen-bond donors (Lipinski definition) is 1. The number of amides is 1. The smallest absolute Gasteiger partial charge is 0.254 e. The number of nitrogens with zero attached hydrogens (tertiary/aromatic N) is 3. The molecule has 1 atom stereocenters. The van der Waals surface area contributed by atoms with Crippen molar-refractivity contribution in [2.45, 2.75) is 64.5 Å². The molecule has 2 aromatic rings. The molecule has 2 aliphatic carbocycles. The Morgan fingerprint density at radius 2 is 1.85 bits per heavy atom. The predicted octanol–water partition coefficient (Wildman–Crippen LogP) is 3.81. The zero-order chi connectivity index (χ0) is 18.8. The van der Waals surface area contributed by atoms with Crippen LogP contribution in [0.2, 0.25) is 0 Å². The lowest BCUT2D eigenvalue weighted by Gasteiger charge is -2.32. The zero-order valence-corrected chi connectivity index (χ0v) is 16.4. The lowest BCUT2D eigenvalue weighted by Crippen LogP contribution is -2.43. The third-order valence-corrected chi connectivity index (χ3v) is 6.04. The molecule has 2 aliphatic rings. The first-order valence-corrected chi connectivity index (χ1v) is 10.4. The molecule has 0 radical (unpaired) electrons. The van der Waals surface area contributed by atoms with Crippen LogP contribution in [-0.2, 0) is 12.8 Å². The van der Waals surface area contributed by atoms with Gasteiger partial charge < -0.3 is 9.80 Å². The number of anilines is 1. The van der Waals surface area contributed by atoms with Gasteiger partial charge in [0.15, 0.2) is 0 Å². The van der Waals surface area contributed by atoms with E-state index < -0.39 is 0 Å². The molecule has 1 aromatic heterocycles. The van der Waals surface area contributed by atoms with Crippen molar-refractivity contribution in [2.24, 2.45) is 0 Å². The predicted molar refractivity (Wildman–Crippen MR) is 108 cm³/mol. The summed E-state index contributed by atoms with van der Waals surface area (Å²) in [7, 11) is 0. The van der Waals surface area contributed by atoms with Crippen molar-refractivity contribution in [1.29, 1.82) is 0 Å². The van der Waals surface area contributed by atoms with Gasteiger partial charge in [0, 0.05) is 42.1 Å². The first-order valence-electron chi connectivity index (χ1n) is 10.4. The monoisotopic (exact) mass is 366 g/mol. The van der Waals surface area contributed by atoms with Gasteiger partial charge in [0.25, 0.3) is 5.91 Å². The number of carbonyl (C=O) groups is 1. The number of aromatic nitrogens is 2. The molecule has 0 bridgehead atoms. The lowest BCUT2D eigenvalue weighted by atomic mass is 10.0. The van der Waals surface area contributed by atoms with Crippen LogP contribution in [0.4, 0.5) is 5.69 Å². The van der Waals surface area contributed by atoms with Gasteiger partial charge in [-0.1, -0.05) is 0 Å². The average Bonchev–Trinajstić information content (AvgIpc) is 3.46. The van der Waals surface area contributed by atoms with Crippen molar-refractivity contribution >= 4 is 11.6 Å². The zero-order valence-electron chi connectivity index (χ0n) is 16.4. The Balaban J connectivity index is 1.55. The van der Waals surface area contributed by atoms with Crippen molar-refractivity contribution in [2.75, 3.05) is 18.0 Å². The van der Waals surface area contributed by atoms with Gasteiger partial charge in [-0.3, -0.25) is 9.89 Å². The molecule has 27 heavy (non-hydrogen) atoms. The maximum Gasteiger partial charge on any atom is 0.254 e. The second kappa shape index (κ2) is 7.75. The van der Waals surface area contributed by atoms with E-state index in [1.54, 1.807) is 0 Å². The molecule has 1 saturated carbocycles. The summed E-state index contributed by atoms with van der Waals surface area (Å²) >= 11 is 0. The fourth-order valence-electron chi connectivity index (χ4n) is 4.37. The van der Waals surface area contributed by atoms with Crippen molar-refractivity contribution < 1.29 is 4.79 Å². The summed E-state index contributed by atoms with van der Waals surface area (Å²) in [6.45, 7) is 6.28.